The first kappa shape index (κ1) is 18.8. The van der Waals surface area contributed by atoms with Crippen LogP contribution in [0.5, 0.6) is 0 Å². The maximum atomic E-state index is 12.4. The Morgan fingerprint density at radius 2 is 1.50 bits per heavy atom. The Bertz CT molecular complexity index is 1030. The molecule has 0 fully saturated rings. The Hall–Kier alpha value is -3.94. The number of hydrogen-bond donors (Lipinski definition) is 2. The molecule has 8 heteroatoms. The molecule has 2 amide bonds. The summed E-state index contributed by atoms with van der Waals surface area (Å²) in [6.07, 6.45) is 0. The van der Waals surface area contributed by atoms with Crippen molar-refractivity contribution in [3.8, 4) is 0 Å². The van der Waals surface area contributed by atoms with E-state index in [2.05, 4.69) is 10.7 Å². The molecule has 28 heavy (non-hydrogen) atoms. The molecule has 2 N–H and O–H groups in total. The number of rotatable bonds is 5. The molecule has 0 radical (unpaired) electrons. The van der Waals surface area contributed by atoms with Gasteiger partial charge in [0.25, 0.3) is 17.5 Å². The summed E-state index contributed by atoms with van der Waals surface area (Å²) in [5, 5.41) is 13.7. The van der Waals surface area contributed by atoms with Crippen LogP contribution in [0.15, 0.2) is 60.7 Å². The SMILES string of the molecule is Cc1ccc(C)n1NC(=O)c1ccc(NC(=O)c2ccccc2[N+](=O)[O-])cc1. The van der Waals surface area contributed by atoms with E-state index in [4.69, 9.17) is 0 Å². The van der Waals surface area contributed by atoms with E-state index in [1.165, 1.54) is 18.2 Å². The Labute approximate surface area is 160 Å². The molecule has 1 heterocycles. The number of aryl methyl sites for hydroxylation is 2. The van der Waals surface area contributed by atoms with Crippen LogP contribution in [0.2, 0.25) is 0 Å². The fraction of sp³-hybridized carbons (Fsp3) is 0.100. The average molecular weight is 378 g/mol. The maximum Gasteiger partial charge on any atom is 0.282 e. The second-order valence-electron chi connectivity index (χ2n) is 6.20. The molecular weight excluding hydrogens is 360 g/mol. The number of aromatic nitrogens is 1. The Morgan fingerprint density at radius 1 is 0.893 bits per heavy atom. The van der Waals surface area contributed by atoms with Gasteiger partial charge in [-0.1, -0.05) is 12.1 Å². The number of benzene rings is 2. The van der Waals surface area contributed by atoms with Crippen LogP contribution in [-0.4, -0.2) is 21.4 Å². The third kappa shape index (κ3) is 3.90. The van der Waals surface area contributed by atoms with E-state index < -0.39 is 10.8 Å². The third-order valence-electron chi connectivity index (χ3n) is 4.23. The molecule has 0 aliphatic carbocycles. The molecule has 0 aliphatic rings. The van der Waals surface area contributed by atoms with Gasteiger partial charge in [-0.3, -0.25) is 29.8 Å². The molecule has 142 valence electrons. The quantitative estimate of drug-likeness (QED) is 0.522. The summed E-state index contributed by atoms with van der Waals surface area (Å²) in [7, 11) is 0. The molecule has 0 bridgehead atoms. The van der Waals surface area contributed by atoms with Crippen molar-refractivity contribution in [3.63, 3.8) is 0 Å². The van der Waals surface area contributed by atoms with E-state index in [9.17, 15) is 19.7 Å². The van der Waals surface area contributed by atoms with Crippen molar-refractivity contribution in [3.05, 3.63) is 93.3 Å². The zero-order valence-electron chi connectivity index (χ0n) is 15.3. The van der Waals surface area contributed by atoms with Crippen LogP contribution in [0.3, 0.4) is 0 Å². The summed E-state index contributed by atoms with van der Waals surface area (Å²) in [6, 6.07) is 15.8. The molecule has 0 saturated heterocycles. The normalized spacial score (nSPS) is 10.4. The van der Waals surface area contributed by atoms with Gasteiger partial charge in [-0.05, 0) is 56.3 Å². The number of nitrogens with one attached hydrogen (secondary N) is 2. The minimum absolute atomic E-state index is 0.0344. The molecule has 8 nitrogen and oxygen atoms in total. The number of carbonyl (C=O) groups is 2. The van der Waals surface area contributed by atoms with Gasteiger partial charge in [-0.25, -0.2) is 0 Å². The van der Waals surface area contributed by atoms with E-state index >= 15 is 0 Å². The van der Waals surface area contributed by atoms with Gasteiger partial charge >= 0.3 is 0 Å². The topological polar surface area (TPSA) is 106 Å². The lowest BCUT2D eigenvalue weighted by molar-refractivity contribution is -0.385. The molecule has 0 spiro atoms. The van der Waals surface area contributed by atoms with Crippen LogP contribution < -0.4 is 10.7 Å². The minimum Gasteiger partial charge on any atom is -0.322 e. The average Bonchev–Trinajstić information content (AvgIpc) is 3.00. The first-order chi connectivity index (χ1) is 13.4. The van der Waals surface area contributed by atoms with E-state index in [-0.39, 0.29) is 17.2 Å². The first-order valence-corrected chi connectivity index (χ1v) is 8.48. The monoisotopic (exact) mass is 378 g/mol. The number of anilines is 1. The first-order valence-electron chi connectivity index (χ1n) is 8.48. The van der Waals surface area contributed by atoms with Gasteiger partial charge in [0, 0.05) is 28.7 Å². The second-order valence-corrected chi connectivity index (χ2v) is 6.20. The zero-order valence-corrected chi connectivity index (χ0v) is 15.3. The van der Waals surface area contributed by atoms with Crippen molar-refractivity contribution in [2.45, 2.75) is 13.8 Å². The molecule has 0 saturated carbocycles. The fourth-order valence-electron chi connectivity index (χ4n) is 2.74. The zero-order chi connectivity index (χ0) is 20.3. The second kappa shape index (κ2) is 7.75. The predicted octanol–water partition coefficient (Wildman–Crippen LogP) is 3.65. The van der Waals surface area contributed by atoms with Gasteiger partial charge in [0.05, 0.1) is 4.92 Å². The smallest absolute Gasteiger partial charge is 0.282 e. The summed E-state index contributed by atoms with van der Waals surface area (Å²) in [5.41, 5.74) is 5.13. The van der Waals surface area contributed by atoms with Crippen LogP contribution in [0.4, 0.5) is 11.4 Å². The molecular formula is C20H18N4O4. The molecule has 3 aromatic rings. The highest BCUT2D eigenvalue weighted by atomic mass is 16.6. The maximum absolute atomic E-state index is 12.4. The molecule has 0 unspecified atom stereocenters. The van der Waals surface area contributed by atoms with Gasteiger partial charge in [0.2, 0.25) is 0 Å². The lowest BCUT2D eigenvalue weighted by Crippen LogP contribution is -2.24. The molecule has 0 aliphatic heterocycles. The number of amides is 2. The number of nitrogens with zero attached hydrogens (tertiary/aromatic N) is 2. The predicted molar refractivity (Wildman–Crippen MR) is 105 cm³/mol. The fourth-order valence-corrected chi connectivity index (χ4v) is 2.74. The minimum atomic E-state index is -0.604. The molecule has 0 atom stereocenters. The van der Waals surface area contributed by atoms with Crippen molar-refractivity contribution in [2.24, 2.45) is 0 Å². The molecule has 1 aromatic heterocycles. The Balaban J connectivity index is 1.72. The Morgan fingerprint density at radius 3 is 2.11 bits per heavy atom. The van der Waals surface area contributed by atoms with Crippen LogP contribution in [0.25, 0.3) is 0 Å². The van der Waals surface area contributed by atoms with E-state index in [1.807, 2.05) is 26.0 Å². The summed E-state index contributed by atoms with van der Waals surface area (Å²) < 4.78 is 1.69. The van der Waals surface area contributed by atoms with E-state index in [0.29, 0.717) is 11.3 Å². The molecule has 2 aromatic carbocycles. The van der Waals surface area contributed by atoms with Gasteiger partial charge < -0.3 is 5.32 Å². The van der Waals surface area contributed by atoms with Gasteiger partial charge in [-0.15, -0.1) is 0 Å². The summed E-state index contributed by atoms with van der Waals surface area (Å²) >= 11 is 0. The van der Waals surface area contributed by atoms with Crippen LogP contribution >= 0.6 is 0 Å². The van der Waals surface area contributed by atoms with Crippen molar-refractivity contribution in [1.82, 2.24) is 4.68 Å². The number of para-hydroxylation sites is 1. The lowest BCUT2D eigenvalue weighted by atomic mass is 10.1. The highest BCUT2D eigenvalue weighted by Gasteiger charge is 2.19. The third-order valence-corrected chi connectivity index (χ3v) is 4.23. The van der Waals surface area contributed by atoms with Crippen molar-refractivity contribution in [1.29, 1.82) is 0 Å². The highest BCUT2D eigenvalue weighted by molar-refractivity contribution is 6.07. The number of nitro benzene ring substituents is 1. The number of hydrogen-bond acceptors (Lipinski definition) is 4. The van der Waals surface area contributed by atoms with Gasteiger partial charge in [0.15, 0.2) is 0 Å². The Kier molecular flexibility index (Phi) is 5.21. The standard InChI is InChI=1S/C20H18N4O4/c1-13-7-8-14(2)23(13)22-19(25)15-9-11-16(12-10-15)21-20(26)17-5-3-4-6-18(17)24(27)28/h3-12H,1-2H3,(H,21,26)(H,22,25). The van der Waals surface area contributed by atoms with Crippen molar-refractivity contribution in [2.75, 3.05) is 10.7 Å². The van der Waals surface area contributed by atoms with Gasteiger partial charge in [0.1, 0.15) is 5.56 Å². The molecule has 3 rings (SSSR count). The highest BCUT2D eigenvalue weighted by Crippen LogP contribution is 2.19. The van der Waals surface area contributed by atoms with E-state index in [0.717, 1.165) is 11.4 Å². The summed E-state index contributed by atoms with van der Waals surface area (Å²) in [4.78, 5) is 35.2. The van der Waals surface area contributed by atoms with Crippen molar-refractivity contribution >= 4 is 23.2 Å². The van der Waals surface area contributed by atoms with Crippen LogP contribution in [-0.2, 0) is 0 Å². The number of nitro groups is 1. The van der Waals surface area contributed by atoms with Crippen LogP contribution in [0.1, 0.15) is 32.1 Å². The number of carbonyl (C=O) groups excluding carboxylic acids is 2. The summed E-state index contributed by atoms with van der Waals surface area (Å²) in [6.45, 7) is 3.77. The van der Waals surface area contributed by atoms with Crippen LogP contribution in [0, 0.1) is 24.0 Å². The van der Waals surface area contributed by atoms with Gasteiger partial charge in [-0.2, -0.15) is 0 Å². The van der Waals surface area contributed by atoms with Crippen molar-refractivity contribution < 1.29 is 14.5 Å². The lowest BCUT2D eigenvalue weighted by Gasteiger charge is -2.12. The van der Waals surface area contributed by atoms with E-state index in [1.54, 1.807) is 35.0 Å². The summed E-state index contributed by atoms with van der Waals surface area (Å²) in [5.74, 6) is -0.887. The largest absolute Gasteiger partial charge is 0.322 e.